The van der Waals surface area contributed by atoms with Gasteiger partial charge in [0, 0.05) is 30.8 Å². The van der Waals surface area contributed by atoms with E-state index in [1.54, 1.807) is 7.11 Å². The van der Waals surface area contributed by atoms with Gasteiger partial charge in [-0.1, -0.05) is 18.9 Å². The minimum atomic E-state index is -0.0988. The second kappa shape index (κ2) is 6.75. The zero-order valence-electron chi connectivity index (χ0n) is 12.9. The van der Waals surface area contributed by atoms with E-state index in [1.807, 2.05) is 12.3 Å². The predicted molar refractivity (Wildman–Crippen MR) is 82.2 cm³/mol. The van der Waals surface area contributed by atoms with Crippen molar-refractivity contribution in [3.8, 4) is 5.88 Å². The minimum Gasteiger partial charge on any atom is -0.481 e. The molecule has 1 aliphatic heterocycles. The quantitative estimate of drug-likeness (QED) is 0.926. The molecular weight excluding hydrogens is 264 g/mol. The molecule has 3 atom stereocenters. The number of methoxy groups -OCH3 is 1. The van der Waals surface area contributed by atoms with Crippen molar-refractivity contribution in [1.29, 1.82) is 0 Å². The van der Waals surface area contributed by atoms with Gasteiger partial charge in [-0.05, 0) is 37.8 Å². The summed E-state index contributed by atoms with van der Waals surface area (Å²) < 4.78 is 5.11. The second-order valence-corrected chi connectivity index (χ2v) is 6.40. The number of aliphatic hydroxyl groups is 1. The van der Waals surface area contributed by atoms with E-state index in [2.05, 4.69) is 16.0 Å². The van der Waals surface area contributed by atoms with E-state index in [4.69, 9.17) is 4.74 Å². The van der Waals surface area contributed by atoms with E-state index in [0.717, 1.165) is 19.5 Å². The highest BCUT2D eigenvalue weighted by Gasteiger charge is 2.36. The number of pyridine rings is 1. The molecular formula is C17H26N2O2. The van der Waals surface area contributed by atoms with Crippen LogP contribution >= 0.6 is 0 Å². The van der Waals surface area contributed by atoms with Crippen molar-refractivity contribution < 1.29 is 9.84 Å². The van der Waals surface area contributed by atoms with Crippen LogP contribution in [0.5, 0.6) is 5.88 Å². The molecule has 4 nitrogen and oxygen atoms in total. The van der Waals surface area contributed by atoms with E-state index in [0.29, 0.717) is 17.8 Å². The van der Waals surface area contributed by atoms with Crippen LogP contribution in [0, 0.1) is 5.92 Å². The highest BCUT2D eigenvalue weighted by molar-refractivity contribution is 5.18. The molecule has 0 radical (unpaired) electrons. The van der Waals surface area contributed by atoms with Gasteiger partial charge in [0.15, 0.2) is 0 Å². The summed E-state index contributed by atoms with van der Waals surface area (Å²) in [6.45, 7) is 2.07. The first-order valence-corrected chi connectivity index (χ1v) is 8.19. The Hall–Kier alpha value is -1.13. The van der Waals surface area contributed by atoms with E-state index in [1.165, 1.54) is 37.7 Å². The van der Waals surface area contributed by atoms with Gasteiger partial charge in [-0.15, -0.1) is 0 Å². The lowest BCUT2D eigenvalue weighted by molar-refractivity contribution is 0.0201. The van der Waals surface area contributed by atoms with Gasteiger partial charge >= 0.3 is 0 Å². The van der Waals surface area contributed by atoms with Gasteiger partial charge in [0.25, 0.3) is 0 Å². The standard InChI is InChI=1S/C17H26N2O2/c1-21-17-9-8-13(11-18-17)12-19-10-4-6-15(19)14-5-2-3-7-16(14)20/h8-9,11,14-16,20H,2-7,10,12H2,1H3/t14-,15-,16-/m1/s1. The molecule has 21 heavy (non-hydrogen) atoms. The third-order valence-corrected chi connectivity index (χ3v) is 5.08. The molecule has 4 heteroatoms. The zero-order chi connectivity index (χ0) is 14.7. The van der Waals surface area contributed by atoms with E-state index < -0.39 is 0 Å². The predicted octanol–water partition coefficient (Wildman–Crippen LogP) is 2.61. The smallest absolute Gasteiger partial charge is 0.212 e. The van der Waals surface area contributed by atoms with Gasteiger partial charge in [0.1, 0.15) is 0 Å². The molecule has 2 aliphatic rings. The fourth-order valence-electron chi connectivity index (χ4n) is 3.98. The van der Waals surface area contributed by atoms with Crippen LogP contribution in [0.2, 0.25) is 0 Å². The van der Waals surface area contributed by atoms with Crippen LogP contribution in [0.15, 0.2) is 18.3 Å². The Bertz CT molecular complexity index is 449. The van der Waals surface area contributed by atoms with Gasteiger partial charge < -0.3 is 9.84 Å². The first-order valence-electron chi connectivity index (χ1n) is 8.19. The molecule has 0 aromatic carbocycles. The van der Waals surface area contributed by atoms with Crippen LogP contribution in [0.3, 0.4) is 0 Å². The number of ether oxygens (including phenoxy) is 1. The number of aromatic nitrogens is 1. The molecule has 0 bridgehead atoms. The van der Waals surface area contributed by atoms with Crippen LogP contribution in [0.1, 0.15) is 44.1 Å². The first kappa shape index (κ1) is 14.8. The molecule has 2 heterocycles. The Morgan fingerprint density at radius 1 is 1.24 bits per heavy atom. The summed E-state index contributed by atoms with van der Waals surface area (Å²) >= 11 is 0. The summed E-state index contributed by atoms with van der Waals surface area (Å²) in [4.78, 5) is 6.84. The Morgan fingerprint density at radius 2 is 2.10 bits per heavy atom. The molecule has 1 saturated carbocycles. The Morgan fingerprint density at radius 3 is 2.81 bits per heavy atom. The Balaban J connectivity index is 1.65. The number of hydrogen-bond donors (Lipinski definition) is 1. The summed E-state index contributed by atoms with van der Waals surface area (Å²) in [5, 5.41) is 10.3. The van der Waals surface area contributed by atoms with E-state index >= 15 is 0 Å². The Kier molecular flexibility index (Phi) is 4.76. The van der Waals surface area contributed by atoms with Crippen molar-refractivity contribution in [2.45, 2.75) is 57.2 Å². The van der Waals surface area contributed by atoms with Crippen molar-refractivity contribution in [1.82, 2.24) is 9.88 Å². The SMILES string of the molecule is COc1ccc(CN2CCC[C@@H]2[C@H]2CCCC[C@H]2O)cn1. The molecule has 0 spiro atoms. The monoisotopic (exact) mass is 290 g/mol. The number of hydrogen-bond acceptors (Lipinski definition) is 4. The van der Waals surface area contributed by atoms with Crippen molar-refractivity contribution in [2.75, 3.05) is 13.7 Å². The highest BCUT2D eigenvalue weighted by Crippen LogP contribution is 2.35. The maximum atomic E-state index is 10.3. The number of likely N-dealkylation sites (tertiary alicyclic amines) is 1. The molecule has 1 N–H and O–H groups in total. The fourth-order valence-corrected chi connectivity index (χ4v) is 3.98. The Labute approximate surface area is 127 Å². The molecule has 1 aliphatic carbocycles. The van der Waals surface area contributed by atoms with E-state index in [9.17, 15) is 5.11 Å². The molecule has 1 saturated heterocycles. The lowest BCUT2D eigenvalue weighted by atomic mass is 9.80. The zero-order valence-corrected chi connectivity index (χ0v) is 12.9. The maximum Gasteiger partial charge on any atom is 0.212 e. The van der Waals surface area contributed by atoms with Crippen LogP contribution in [0.25, 0.3) is 0 Å². The summed E-state index contributed by atoms with van der Waals surface area (Å²) in [5.41, 5.74) is 1.23. The van der Waals surface area contributed by atoms with Gasteiger partial charge in [0.05, 0.1) is 13.2 Å². The van der Waals surface area contributed by atoms with Crippen molar-refractivity contribution in [2.24, 2.45) is 5.92 Å². The van der Waals surface area contributed by atoms with Crippen LogP contribution in [-0.2, 0) is 6.54 Å². The third-order valence-electron chi connectivity index (χ3n) is 5.08. The fraction of sp³-hybridized carbons (Fsp3) is 0.706. The molecule has 1 aromatic rings. The summed E-state index contributed by atoms with van der Waals surface area (Å²) in [7, 11) is 1.64. The number of aliphatic hydroxyl groups excluding tert-OH is 1. The lowest BCUT2D eigenvalue weighted by Gasteiger charge is -2.37. The summed E-state index contributed by atoms with van der Waals surface area (Å²) in [5.74, 6) is 1.13. The molecule has 0 unspecified atom stereocenters. The van der Waals surface area contributed by atoms with Gasteiger partial charge in [-0.3, -0.25) is 4.90 Å². The average Bonchev–Trinajstić information content (AvgIpc) is 2.96. The average molecular weight is 290 g/mol. The number of rotatable bonds is 4. The van der Waals surface area contributed by atoms with Crippen LogP contribution < -0.4 is 4.74 Å². The molecule has 3 rings (SSSR count). The molecule has 2 fully saturated rings. The van der Waals surface area contributed by atoms with Crippen LogP contribution in [0.4, 0.5) is 0 Å². The summed E-state index contributed by atoms with van der Waals surface area (Å²) in [6.07, 6.45) is 8.91. The molecule has 0 amide bonds. The third kappa shape index (κ3) is 3.38. The van der Waals surface area contributed by atoms with Crippen molar-refractivity contribution in [3.05, 3.63) is 23.9 Å². The normalized spacial score (nSPS) is 30.5. The van der Waals surface area contributed by atoms with Crippen LogP contribution in [-0.4, -0.2) is 40.8 Å². The largest absolute Gasteiger partial charge is 0.481 e. The lowest BCUT2D eigenvalue weighted by Crippen LogP contribution is -2.42. The van der Waals surface area contributed by atoms with Crippen molar-refractivity contribution >= 4 is 0 Å². The minimum absolute atomic E-state index is 0.0988. The van der Waals surface area contributed by atoms with Gasteiger partial charge in [-0.25, -0.2) is 4.98 Å². The molecule has 116 valence electrons. The number of nitrogens with zero attached hydrogens (tertiary/aromatic N) is 2. The highest BCUT2D eigenvalue weighted by atomic mass is 16.5. The summed E-state index contributed by atoms with van der Waals surface area (Å²) in [6, 6.07) is 4.57. The van der Waals surface area contributed by atoms with Crippen molar-refractivity contribution in [3.63, 3.8) is 0 Å². The van der Waals surface area contributed by atoms with E-state index in [-0.39, 0.29) is 6.10 Å². The molecule has 1 aromatic heterocycles. The maximum absolute atomic E-state index is 10.3. The van der Waals surface area contributed by atoms with Gasteiger partial charge in [0.2, 0.25) is 5.88 Å². The first-order chi connectivity index (χ1) is 10.3. The topological polar surface area (TPSA) is 45.6 Å². The second-order valence-electron chi connectivity index (χ2n) is 6.40. The van der Waals surface area contributed by atoms with Gasteiger partial charge in [-0.2, -0.15) is 0 Å².